The zero-order chi connectivity index (χ0) is 14.5. The molecule has 0 rings (SSSR count). The van der Waals surface area contributed by atoms with Gasteiger partial charge in [0.25, 0.3) is 0 Å². The summed E-state index contributed by atoms with van der Waals surface area (Å²) in [5.74, 6) is -0.319. The number of carbonyl (C=O) groups excluding carboxylic acids is 2. The number of nitrogens with two attached hydrogens (primary N) is 1. The van der Waals surface area contributed by atoms with Gasteiger partial charge in [-0.15, -0.1) is 0 Å². The molecule has 0 aromatic carbocycles. The zero-order valence-corrected chi connectivity index (χ0v) is 11.8. The second-order valence-electron chi connectivity index (χ2n) is 4.18. The molecule has 0 aliphatic rings. The molecule has 7 heteroatoms. The van der Waals surface area contributed by atoms with Gasteiger partial charge in [0.05, 0.1) is 5.75 Å². The molecule has 2 amide bonds. The monoisotopic (exact) mass is 290 g/mol. The Bertz CT molecular complexity index is 297. The van der Waals surface area contributed by atoms with E-state index in [-0.39, 0.29) is 24.0 Å². The number of amides is 2. The quantitative estimate of drug-likeness (QED) is 0.459. The number of nitrogens with one attached hydrogen (secondary N) is 1. The van der Waals surface area contributed by atoms with Gasteiger partial charge in [0.15, 0.2) is 0 Å². The smallest absolute Gasteiger partial charge is 0.303 e. The van der Waals surface area contributed by atoms with Crippen LogP contribution in [0.5, 0.6) is 0 Å². The molecule has 0 saturated carbocycles. The van der Waals surface area contributed by atoms with E-state index >= 15 is 0 Å². The molecule has 110 valence electrons. The predicted molar refractivity (Wildman–Crippen MR) is 74.9 cm³/mol. The molecule has 0 aromatic heterocycles. The Balaban J connectivity index is 3.24. The number of hydrogen-bond acceptors (Lipinski definition) is 4. The van der Waals surface area contributed by atoms with Gasteiger partial charge in [-0.05, 0) is 12.8 Å². The number of unbranched alkanes of at least 4 members (excludes halogenated alkanes) is 3. The number of rotatable bonds is 12. The summed E-state index contributed by atoms with van der Waals surface area (Å²) in [6.07, 6.45) is 3.94. The second kappa shape index (κ2) is 11.8. The standard InChI is InChI=1S/C12H22N2O4S/c13-10(15)9-19-8-6-11(16)14-7-4-2-1-3-5-12(17)18/h1-9H2,(H2,13,15)(H,14,16)(H,17,18). The van der Waals surface area contributed by atoms with Crippen molar-refractivity contribution in [2.24, 2.45) is 5.73 Å². The molecule has 0 aliphatic carbocycles. The number of carbonyl (C=O) groups is 3. The fourth-order valence-corrected chi connectivity index (χ4v) is 2.08. The molecule has 0 fully saturated rings. The van der Waals surface area contributed by atoms with Gasteiger partial charge in [-0.1, -0.05) is 12.8 Å². The van der Waals surface area contributed by atoms with E-state index in [2.05, 4.69) is 5.32 Å². The van der Waals surface area contributed by atoms with E-state index in [0.29, 0.717) is 25.1 Å². The van der Waals surface area contributed by atoms with Crippen LogP contribution >= 0.6 is 11.8 Å². The summed E-state index contributed by atoms with van der Waals surface area (Å²) in [5.41, 5.74) is 4.97. The van der Waals surface area contributed by atoms with Crippen LogP contribution in [0, 0.1) is 0 Å². The average Bonchev–Trinajstić information content (AvgIpc) is 2.33. The molecule has 0 atom stereocenters. The Kier molecular flexibility index (Phi) is 11.1. The fraction of sp³-hybridized carbons (Fsp3) is 0.750. The van der Waals surface area contributed by atoms with Gasteiger partial charge in [0.1, 0.15) is 0 Å². The van der Waals surface area contributed by atoms with Crippen LogP contribution in [0.1, 0.15) is 38.5 Å². The first-order valence-corrected chi connectivity index (χ1v) is 7.52. The number of carboxylic acid groups (broad SMARTS) is 1. The molecule has 0 aliphatic heterocycles. The molecule has 0 unspecified atom stereocenters. The summed E-state index contributed by atoms with van der Waals surface area (Å²) in [6, 6.07) is 0. The summed E-state index contributed by atoms with van der Waals surface area (Å²) in [5, 5.41) is 11.2. The molecule has 0 spiro atoms. The molecule has 0 bridgehead atoms. The maximum absolute atomic E-state index is 11.3. The fourth-order valence-electron chi connectivity index (χ4n) is 1.41. The Morgan fingerprint density at radius 2 is 1.74 bits per heavy atom. The third-order valence-corrected chi connectivity index (χ3v) is 3.34. The highest BCUT2D eigenvalue weighted by Gasteiger charge is 2.02. The zero-order valence-electron chi connectivity index (χ0n) is 11.0. The van der Waals surface area contributed by atoms with Crippen LogP contribution < -0.4 is 11.1 Å². The number of carboxylic acids is 1. The number of hydrogen-bond donors (Lipinski definition) is 3. The van der Waals surface area contributed by atoms with Crippen LogP contribution in [-0.4, -0.2) is 40.9 Å². The van der Waals surface area contributed by atoms with Crippen molar-refractivity contribution in [3.63, 3.8) is 0 Å². The Morgan fingerprint density at radius 1 is 1.05 bits per heavy atom. The second-order valence-corrected chi connectivity index (χ2v) is 5.28. The first-order valence-electron chi connectivity index (χ1n) is 6.37. The van der Waals surface area contributed by atoms with Crippen LogP contribution in [0.4, 0.5) is 0 Å². The van der Waals surface area contributed by atoms with Crippen molar-refractivity contribution in [2.45, 2.75) is 38.5 Å². The van der Waals surface area contributed by atoms with Crippen LogP contribution in [0.2, 0.25) is 0 Å². The van der Waals surface area contributed by atoms with E-state index in [9.17, 15) is 14.4 Å². The maximum atomic E-state index is 11.3. The Labute approximate surface area is 117 Å². The molecule has 4 N–H and O–H groups in total. The van der Waals surface area contributed by atoms with E-state index in [1.807, 2.05) is 0 Å². The summed E-state index contributed by atoms with van der Waals surface area (Å²) >= 11 is 1.35. The van der Waals surface area contributed by atoms with Gasteiger partial charge in [-0.2, -0.15) is 11.8 Å². The molecular formula is C12H22N2O4S. The highest BCUT2D eigenvalue weighted by Crippen LogP contribution is 2.03. The van der Waals surface area contributed by atoms with Crippen molar-refractivity contribution in [1.29, 1.82) is 0 Å². The molecule has 0 saturated heterocycles. The highest BCUT2D eigenvalue weighted by molar-refractivity contribution is 7.99. The summed E-state index contributed by atoms with van der Waals surface area (Å²) in [7, 11) is 0. The van der Waals surface area contributed by atoms with Gasteiger partial charge in [0.2, 0.25) is 11.8 Å². The van der Waals surface area contributed by atoms with Crippen molar-refractivity contribution >= 4 is 29.5 Å². The van der Waals surface area contributed by atoms with Crippen LogP contribution in [-0.2, 0) is 14.4 Å². The first kappa shape index (κ1) is 17.8. The Morgan fingerprint density at radius 3 is 2.37 bits per heavy atom. The van der Waals surface area contributed by atoms with Gasteiger partial charge >= 0.3 is 5.97 Å². The van der Waals surface area contributed by atoms with Crippen molar-refractivity contribution in [3.8, 4) is 0 Å². The third-order valence-electron chi connectivity index (χ3n) is 2.36. The van der Waals surface area contributed by atoms with Gasteiger partial charge in [0, 0.05) is 25.1 Å². The van der Waals surface area contributed by atoms with Crippen molar-refractivity contribution in [1.82, 2.24) is 5.32 Å². The van der Waals surface area contributed by atoms with Crippen LogP contribution in [0.3, 0.4) is 0 Å². The Hall–Kier alpha value is -1.24. The molecule has 0 aromatic rings. The lowest BCUT2D eigenvalue weighted by atomic mass is 10.1. The molecule has 0 heterocycles. The summed E-state index contributed by atoms with van der Waals surface area (Å²) < 4.78 is 0. The van der Waals surface area contributed by atoms with E-state index in [1.54, 1.807) is 0 Å². The molecular weight excluding hydrogens is 268 g/mol. The minimum absolute atomic E-state index is 0.0255. The number of aliphatic carboxylic acids is 1. The van der Waals surface area contributed by atoms with E-state index in [4.69, 9.17) is 10.8 Å². The SMILES string of the molecule is NC(=O)CSCCC(=O)NCCCCCCC(=O)O. The minimum Gasteiger partial charge on any atom is -0.481 e. The number of thioether (sulfide) groups is 1. The first-order chi connectivity index (χ1) is 9.02. The van der Waals surface area contributed by atoms with E-state index in [1.165, 1.54) is 11.8 Å². The lowest BCUT2D eigenvalue weighted by molar-refractivity contribution is -0.137. The van der Waals surface area contributed by atoms with Crippen LogP contribution in [0.15, 0.2) is 0 Å². The normalized spacial score (nSPS) is 10.1. The van der Waals surface area contributed by atoms with Gasteiger partial charge in [-0.3, -0.25) is 14.4 Å². The summed E-state index contributed by atoms with van der Waals surface area (Å²) in [4.78, 5) is 32.1. The molecule has 0 radical (unpaired) electrons. The van der Waals surface area contributed by atoms with E-state index < -0.39 is 5.97 Å². The predicted octanol–water partition coefficient (Wildman–Crippen LogP) is 0.746. The maximum Gasteiger partial charge on any atom is 0.303 e. The lowest BCUT2D eigenvalue weighted by Gasteiger charge is -2.04. The highest BCUT2D eigenvalue weighted by atomic mass is 32.2. The van der Waals surface area contributed by atoms with E-state index in [0.717, 1.165) is 19.3 Å². The van der Waals surface area contributed by atoms with Gasteiger partial charge < -0.3 is 16.2 Å². The average molecular weight is 290 g/mol. The molecule has 19 heavy (non-hydrogen) atoms. The van der Waals surface area contributed by atoms with Crippen molar-refractivity contribution < 1.29 is 19.5 Å². The number of primary amides is 1. The topological polar surface area (TPSA) is 109 Å². The largest absolute Gasteiger partial charge is 0.481 e. The molecule has 6 nitrogen and oxygen atoms in total. The lowest BCUT2D eigenvalue weighted by Crippen LogP contribution is -2.25. The minimum atomic E-state index is -0.762. The third kappa shape index (κ3) is 14.7. The van der Waals surface area contributed by atoms with Crippen molar-refractivity contribution in [2.75, 3.05) is 18.1 Å². The summed E-state index contributed by atoms with van der Waals surface area (Å²) in [6.45, 7) is 0.617. The van der Waals surface area contributed by atoms with Gasteiger partial charge in [-0.25, -0.2) is 0 Å². The van der Waals surface area contributed by atoms with Crippen molar-refractivity contribution in [3.05, 3.63) is 0 Å². The van der Waals surface area contributed by atoms with Crippen LogP contribution in [0.25, 0.3) is 0 Å².